The molecule has 4 N–H and O–H groups in total. The van der Waals surface area contributed by atoms with Crippen molar-refractivity contribution in [3.8, 4) is 0 Å². The second-order valence-corrected chi connectivity index (χ2v) is 7.82. The van der Waals surface area contributed by atoms with Gasteiger partial charge in [0.25, 0.3) is 5.91 Å². The number of anilines is 2. The Balaban J connectivity index is 2.13. The first-order valence-electron chi connectivity index (χ1n) is 8.03. The SMILES string of the molecule is C=CCNC(=S)N1c2ccc(S(N)(=O)=O)cc2NC(=O)C1c1ccccc1. The van der Waals surface area contributed by atoms with Crippen molar-refractivity contribution in [2.75, 3.05) is 16.8 Å². The van der Waals surface area contributed by atoms with E-state index in [4.69, 9.17) is 17.4 Å². The molecular weight excluding hydrogens is 384 g/mol. The van der Waals surface area contributed by atoms with Gasteiger partial charge in [-0.25, -0.2) is 13.6 Å². The first kappa shape index (κ1) is 19.0. The largest absolute Gasteiger partial charge is 0.359 e. The fourth-order valence-electron chi connectivity index (χ4n) is 2.87. The predicted octanol–water partition coefficient (Wildman–Crippen LogP) is 1.89. The van der Waals surface area contributed by atoms with Gasteiger partial charge in [-0.15, -0.1) is 6.58 Å². The summed E-state index contributed by atoms with van der Waals surface area (Å²) in [6.45, 7) is 4.07. The summed E-state index contributed by atoms with van der Waals surface area (Å²) >= 11 is 5.50. The molecule has 0 saturated heterocycles. The molecule has 0 radical (unpaired) electrons. The Morgan fingerprint density at radius 2 is 2.00 bits per heavy atom. The van der Waals surface area contributed by atoms with Crippen LogP contribution >= 0.6 is 12.2 Å². The molecule has 1 atom stereocenters. The maximum Gasteiger partial charge on any atom is 0.252 e. The highest BCUT2D eigenvalue weighted by molar-refractivity contribution is 7.89. The number of hydrogen-bond acceptors (Lipinski definition) is 4. The number of thiocarbonyl (C=S) groups is 1. The summed E-state index contributed by atoms with van der Waals surface area (Å²) in [5.41, 5.74) is 1.64. The van der Waals surface area contributed by atoms with Gasteiger partial charge in [-0.05, 0) is 36.0 Å². The molecule has 2 aromatic carbocycles. The quantitative estimate of drug-likeness (QED) is 0.533. The summed E-state index contributed by atoms with van der Waals surface area (Å²) < 4.78 is 23.3. The van der Waals surface area contributed by atoms with Crippen LogP contribution in [0.2, 0.25) is 0 Å². The van der Waals surface area contributed by atoms with Gasteiger partial charge in [-0.1, -0.05) is 36.4 Å². The van der Waals surface area contributed by atoms with Crippen LogP contribution in [0.5, 0.6) is 0 Å². The minimum Gasteiger partial charge on any atom is -0.359 e. The van der Waals surface area contributed by atoms with E-state index in [1.807, 2.05) is 30.3 Å². The fourth-order valence-corrected chi connectivity index (χ4v) is 3.69. The molecule has 0 spiro atoms. The topological polar surface area (TPSA) is 105 Å². The van der Waals surface area contributed by atoms with Gasteiger partial charge in [0.15, 0.2) is 5.11 Å². The molecule has 0 fully saturated rings. The van der Waals surface area contributed by atoms with Gasteiger partial charge in [0, 0.05) is 6.54 Å². The number of carbonyl (C=O) groups is 1. The number of carbonyl (C=O) groups excluding carboxylic acids is 1. The smallest absolute Gasteiger partial charge is 0.252 e. The number of benzene rings is 2. The average Bonchev–Trinajstić information content (AvgIpc) is 2.64. The first-order chi connectivity index (χ1) is 12.8. The second kappa shape index (κ2) is 7.47. The zero-order valence-electron chi connectivity index (χ0n) is 14.3. The monoisotopic (exact) mass is 402 g/mol. The molecular formula is C18H18N4O3S2. The van der Waals surface area contributed by atoms with Gasteiger partial charge >= 0.3 is 0 Å². The maximum atomic E-state index is 12.9. The van der Waals surface area contributed by atoms with Gasteiger partial charge in [-0.2, -0.15) is 0 Å². The van der Waals surface area contributed by atoms with Crippen molar-refractivity contribution in [2.24, 2.45) is 5.14 Å². The van der Waals surface area contributed by atoms with Crippen molar-refractivity contribution in [3.63, 3.8) is 0 Å². The second-order valence-electron chi connectivity index (χ2n) is 5.87. The van der Waals surface area contributed by atoms with Crippen LogP contribution in [0.3, 0.4) is 0 Å². The summed E-state index contributed by atoms with van der Waals surface area (Å²) in [7, 11) is -3.90. The van der Waals surface area contributed by atoms with Crippen molar-refractivity contribution in [1.29, 1.82) is 0 Å². The molecule has 0 aromatic heterocycles. The van der Waals surface area contributed by atoms with E-state index in [1.54, 1.807) is 17.0 Å². The lowest BCUT2D eigenvalue weighted by molar-refractivity contribution is -0.117. The first-order valence-corrected chi connectivity index (χ1v) is 9.99. The van der Waals surface area contributed by atoms with Crippen molar-refractivity contribution >= 4 is 44.6 Å². The summed E-state index contributed by atoms with van der Waals surface area (Å²) in [5.74, 6) is -0.331. The van der Waals surface area contributed by atoms with Crippen LogP contribution in [0.15, 0.2) is 66.1 Å². The Bertz CT molecular complexity index is 1010. The number of nitrogens with zero attached hydrogens (tertiary/aromatic N) is 1. The Morgan fingerprint density at radius 1 is 1.30 bits per heavy atom. The molecule has 0 saturated carbocycles. The summed E-state index contributed by atoms with van der Waals surface area (Å²) in [6, 6.07) is 12.8. The van der Waals surface area contributed by atoms with Crippen molar-refractivity contribution in [1.82, 2.24) is 5.32 Å². The molecule has 1 amide bonds. The number of hydrogen-bond donors (Lipinski definition) is 3. The number of sulfonamides is 1. The molecule has 0 bridgehead atoms. The number of fused-ring (bicyclic) bond motifs is 1. The van der Waals surface area contributed by atoms with Crippen LogP contribution in [0, 0.1) is 0 Å². The normalized spacial score (nSPS) is 16.3. The average molecular weight is 403 g/mol. The zero-order valence-corrected chi connectivity index (χ0v) is 15.9. The van der Waals surface area contributed by atoms with Gasteiger partial charge in [0.1, 0.15) is 6.04 Å². The molecule has 1 aliphatic rings. The number of nitrogens with two attached hydrogens (primary N) is 1. The zero-order chi connectivity index (χ0) is 19.6. The molecule has 0 aliphatic carbocycles. The molecule has 9 heteroatoms. The van der Waals surface area contributed by atoms with E-state index in [-0.39, 0.29) is 10.8 Å². The van der Waals surface area contributed by atoms with Gasteiger partial charge in [-0.3, -0.25) is 4.79 Å². The van der Waals surface area contributed by atoms with E-state index in [0.29, 0.717) is 23.0 Å². The molecule has 7 nitrogen and oxygen atoms in total. The molecule has 2 aromatic rings. The summed E-state index contributed by atoms with van der Waals surface area (Å²) in [5, 5.41) is 11.3. The summed E-state index contributed by atoms with van der Waals surface area (Å²) in [4.78, 5) is 14.4. The number of primary sulfonamides is 1. The van der Waals surface area contributed by atoms with Crippen LogP contribution in [-0.4, -0.2) is 26.0 Å². The molecule has 3 rings (SSSR count). The van der Waals surface area contributed by atoms with Gasteiger partial charge in [0.05, 0.1) is 16.3 Å². The third kappa shape index (κ3) is 3.85. The van der Waals surface area contributed by atoms with Crippen LogP contribution in [-0.2, 0) is 14.8 Å². The lowest BCUT2D eigenvalue weighted by Gasteiger charge is -2.38. The molecule has 1 aliphatic heterocycles. The standard InChI is InChI=1S/C18H18N4O3S2/c1-2-10-20-18(26)22-15-9-8-13(27(19,24)25)11-14(15)21-17(23)16(22)12-6-4-3-5-7-12/h2-9,11,16H,1,10H2,(H,20,26)(H,21,23)(H2,19,24,25). The Hall–Kier alpha value is -2.75. The van der Waals surface area contributed by atoms with Crippen LogP contribution in [0.1, 0.15) is 11.6 Å². The van der Waals surface area contributed by atoms with E-state index >= 15 is 0 Å². The van der Waals surface area contributed by atoms with E-state index in [0.717, 1.165) is 5.56 Å². The predicted molar refractivity (Wildman–Crippen MR) is 109 cm³/mol. The molecule has 1 heterocycles. The Kier molecular flexibility index (Phi) is 5.26. The van der Waals surface area contributed by atoms with Crippen molar-refractivity contribution < 1.29 is 13.2 Å². The van der Waals surface area contributed by atoms with Crippen LogP contribution < -0.4 is 20.7 Å². The van der Waals surface area contributed by atoms with Gasteiger partial charge < -0.3 is 15.5 Å². The van der Waals surface area contributed by atoms with Crippen molar-refractivity contribution in [3.05, 3.63) is 66.7 Å². The number of rotatable bonds is 4. The third-order valence-electron chi connectivity index (χ3n) is 4.05. The maximum absolute atomic E-state index is 12.9. The minimum atomic E-state index is -3.90. The van der Waals surface area contributed by atoms with Crippen LogP contribution in [0.4, 0.5) is 11.4 Å². The van der Waals surface area contributed by atoms with Crippen molar-refractivity contribution in [2.45, 2.75) is 10.9 Å². The Labute approximate surface area is 162 Å². The molecule has 140 valence electrons. The van der Waals surface area contributed by atoms with E-state index in [2.05, 4.69) is 17.2 Å². The van der Waals surface area contributed by atoms with E-state index in [1.165, 1.54) is 12.1 Å². The molecule has 27 heavy (non-hydrogen) atoms. The molecule has 1 unspecified atom stereocenters. The number of amides is 1. The minimum absolute atomic E-state index is 0.0929. The fraction of sp³-hybridized carbons (Fsp3) is 0.111. The highest BCUT2D eigenvalue weighted by atomic mass is 32.2. The van der Waals surface area contributed by atoms with E-state index in [9.17, 15) is 13.2 Å². The highest BCUT2D eigenvalue weighted by Gasteiger charge is 2.36. The lowest BCUT2D eigenvalue weighted by atomic mass is 10.0. The lowest BCUT2D eigenvalue weighted by Crippen LogP contribution is -2.49. The number of nitrogens with one attached hydrogen (secondary N) is 2. The van der Waals surface area contributed by atoms with Crippen LogP contribution in [0.25, 0.3) is 0 Å². The Morgan fingerprint density at radius 3 is 2.63 bits per heavy atom. The highest BCUT2D eigenvalue weighted by Crippen LogP contribution is 2.39. The van der Waals surface area contributed by atoms with Gasteiger partial charge in [0.2, 0.25) is 10.0 Å². The van der Waals surface area contributed by atoms with E-state index < -0.39 is 16.1 Å². The third-order valence-corrected chi connectivity index (χ3v) is 5.30. The summed E-state index contributed by atoms with van der Waals surface area (Å²) in [6.07, 6.45) is 1.65.